The highest BCUT2D eigenvalue weighted by Crippen LogP contribution is 2.44. The third-order valence-electron chi connectivity index (χ3n) is 7.90. The Morgan fingerprint density at radius 2 is 1.97 bits per heavy atom. The highest BCUT2D eigenvalue weighted by Gasteiger charge is 2.48. The Hall–Kier alpha value is -3.20. The number of carbonyl (C=O) groups excluding carboxylic acids is 3. The van der Waals surface area contributed by atoms with Gasteiger partial charge in [0.2, 0.25) is 11.8 Å². The lowest BCUT2D eigenvalue weighted by Crippen LogP contribution is -2.49. The number of carbonyl (C=O) groups is 3. The number of amides is 3. The van der Waals surface area contributed by atoms with E-state index < -0.39 is 11.5 Å². The third kappa shape index (κ3) is 4.57. The van der Waals surface area contributed by atoms with Gasteiger partial charge in [-0.25, -0.2) is 4.98 Å². The second kappa shape index (κ2) is 9.45. The predicted molar refractivity (Wildman–Crippen MR) is 131 cm³/mol. The fourth-order valence-corrected chi connectivity index (χ4v) is 5.67. The maximum atomic E-state index is 13.5. The van der Waals surface area contributed by atoms with E-state index in [4.69, 9.17) is 4.74 Å². The lowest BCUT2D eigenvalue weighted by Gasteiger charge is -2.32. The van der Waals surface area contributed by atoms with E-state index in [1.165, 1.54) is 0 Å². The fraction of sp³-hybridized carbons (Fsp3) is 0.538. The van der Waals surface area contributed by atoms with Gasteiger partial charge in [0, 0.05) is 50.5 Å². The van der Waals surface area contributed by atoms with Gasteiger partial charge < -0.3 is 25.3 Å². The molecule has 3 N–H and O–H groups in total. The van der Waals surface area contributed by atoms with Crippen molar-refractivity contribution in [2.45, 2.75) is 56.9 Å². The number of aromatic nitrogens is 2. The van der Waals surface area contributed by atoms with Gasteiger partial charge in [-0.05, 0) is 43.6 Å². The Balaban J connectivity index is 1.34. The van der Waals surface area contributed by atoms with Gasteiger partial charge in [0.1, 0.15) is 11.9 Å². The summed E-state index contributed by atoms with van der Waals surface area (Å²) in [7, 11) is 1.85. The Morgan fingerprint density at radius 1 is 1.23 bits per heavy atom. The van der Waals surface area contributed by atoms with Crippen LogP contribution < -0.4 is 16.0 Å². The molecular weight excluding hydrogens is 446 g/mol. The van der Waals surface area contributed by atoms with E-state index in [0.29, 0.717) is 49.0 Å². The van der Waals surface area contributed by atoms with Crippen molar-refractivity contribution in [1.82, 2.24) is 14.9 Å². The minimum absolute atomic E-state index is 0.0367. The van der Waals surface area contributed by atoms with E-state index in [0.717, 1.165) is 31.2 Å². The topological polar surface area (TPSA) is 114 Å². The number of aryl methyl sites for hydroxylation is 1. The molecule has 35 heavy (non-hydrogen) atoms. The standard InChI is InChI=1S/C26H33N5O4/c1-16-3-5-17(6-4-16)22(30-23(32)18-7-10-31(2)15-18)24(33)29-21-13-20-19(14-27-21)26(25(34)28-20)8-11-35-12-9-26/h7,10,13-17,22H,3-6,8-9,11-12H2,1-2H3,(H,28,34)(H,30,32)(H,27,29,33)/t16?,17?,22-/m0/s1. The molecule has 2 aromatic heterocycles. The summed E-state index contributed by atoms with van der Waals surface area (Å²) >= 11 is 0. The molecule has 3 amide bonds. The second-order valence-corrected chi connectivity index (χ2v) is 10.3. The zero-order valence-corrected chi connectivity index (χ0v) is 20.3. The molecule has 9 nitrogen and oxygen atoms in total. The number of ether oxygens (including phenoxy) is 1. The van der Waals surface area contributed by atoms with Crippen LogP contribution in [0.1, 0.15) is 61.4 Å². The van der Waals surface area contributed by atoms with E-state index in [1.54, 1.807) is 35.3 Å². The van der Waals surface area contributed by atoms with Crippen LogP contribution in [0, 0.1) is 11.8 Å². The van der Waals surface area contributed by atoms with Crippen LogP contribution >= 0.6 is 0 Å². The molecule has 0 bridgehead atoms. The van der Waals surface area contributed by atoms with E-state index in [-0.39, 0.29) is 23.6 Å². The zero-order valence-electron chi connectivity index (χ0n) is 20.3. The van der Waals surface area contributed by atoms with Crippen LogP contribution in [0.25, 0.3) is 0 Å². The van der Waals surface area contributed by atoms with Crippen molar-refractivity contribution in [3.63, 3.8) is 0 Å². The molecule has 0 aromatic carbocycles. The largest absolute Gasteiger partial charge is 0.381 e. The molecule has 4 heterocycles. The first-order valence-corrected chi connectivity index (χ1v) is 12.5. The Labute approximate surface area is 205 Å². The highest BCUT2D eigenvalue weighted by molar-refractivity contribution is 6.07. The predicted octanol–water partition coefficient (Wildman–Crippen LogP) is 2.98. The van der Waals surface area contributed by atoms with Crippen LogP contribution in [0.4, 0.5) is 11.5 Å². The molecule has 2 aromatic rings. The van der Waals surface area contributed by atoms with Crippen molar-refractivity contribution in [2.75, 3.05) is 23.8 Å². The van der Waals surface area contributed by atoms with Crippen LogP contribution in [-0.2, 0) is 26.8 Å². The molecular formula is C26H33N5O4. The molecule has 5 rings (SSSR count). The number of hydrogen-bond donors (Lipinski definition) is 3. The summed E-state index contributed by atoms with van der Waals surface area (Å²) in [5.41, 5.74) is 1.46. The minimum atomic E-state index is -0.665. The summed E-state index contributed by atoms with van der Waals surface area (Å²) in [5, 5.41) is 8.85. The number of rotatable bonds is 5. The monoisotopic (exact) mass is 479 g/mol. The quantitative estimate of drug-likeness (QED) is 0.610. The van der Waals surface area contributed by atoms with Gasteiger partial charge in [0.15, 0.2) is 0 Å². The summed E-state index contributed by atoms with van der Waals surface area (Å²) in [5.74, 6) is 0.455. The number of nitrogens with one attached hydrogen (secondary N) is 3. The molecule has 3 aliphatic rings. The molecule has 2 aliphatic heterocycles. The third-order valence-corrected chi connectivity index (χ3v) is 7.90. The van der Waals surface area contributed by atoms with Gasteiger partial charge in [0.05, 0.1) is 16.7 Å². The lowest BCUT2D eigenvalue weighted by molar-refractivity contribution is -0.124. The lowest BCUT2D eigenvalue weighted by atomic mass is 9.76. The summed E-state index contributed by atoms with van der Waals surface area (Å²) in [6, 6.07) is 2.79. The van der Waals surface area contributed by atoms with Crippen LogP contribution in [-0.4, -0.2) is 46.5 Å². The molecule has 1 atom stereocenters. The Morgan fingerprint density at radius 3 is 2.66 bits per heavy atom. The first-order chi connectivity index (χ1) is 16.9. The van der Waals surface area contributed by atoms with E-state index in [2.05, 4.69) is 27.9 Å². The van der Waals surface area contributed by atoms with Crippen LogP contribution in [0.5, 0.6) is 0 Å². The van der Waals surface area contributed by atoms with Crippen molar-refractivity contribution in [1.29, 1.82) is 0 Å². The molecule has 0 radical (unpaired) electrons. The van der Waals surface area contributed by atoms with E-state index >= 15 is 0 Å². The number of pyridine rings is 1. The van der Waals surface area contributed by atoms with Gasteiger partial charge in [-0.15, -0.1) is 0 Å². The van der Waals surface area contributed by atoms with Gasteiger partial charge in [-0.2, -0.15) is 0 Å². The van der Waals surface area contributed by atoms with Crippen molar-refractivity contribution >= 4 is 29.2 Å². The maximum absolute atomic E-state index is 13.5. The first kappa shape index (κ1) is 23.5. The molecule has 2 fully saturated rings. The molecule has 0 unspecified atom stereocenters. The smallest absolute Gasteiger partial charge is 0.253 e. The van der Waals surface area contributed by atoms with E-state index in [9.17, 15) is 14.4 Å². The SMILES string of the molecule is CC1CCC([C@H](NC(=O)c2ccn(C)c2)C(=O)Nc2cc3c(cn2)C2(CCOCC2)C(=O)N3)CC1. The maximum Gasteiger partial charge on any atom is 0.253 e. The highest BCUT2D eigenvalue weighted by atomic mass is 16.5. The normalized spacial score (nSPS) is 23.9. The average Bonchev–Trinajstić information content (AvgIpc) is 3.39. The van der Waals surface area contributed by atoms with Crippen LogP contribution in [0.2, 0.25) is 0 Å². The van der Waals surface area contributed by atoms with Crippen molar-refractivity contribution in [3.8, 4) is 0 Å². The zero-order chi connectivity index (χ0) is 24.6. The number of hydrogen-bond acceptors (Lipinski definition) is 5. The summed E-state index contributed by atoms with van der Waals surface area (Å²) < 4.78 is 7.26. The summed E-state index contributed by atoms with van der Waals surface area (Å²) in [4.78, 5) is 43.6. The fourth-order valence-electron chi connectivity index (χ4n) is 5.67. The van der Waals surface area contributed by atoms with Gasteiger partial charge in [0.25, 0.3) is 5.91 Å². The van der Waals surface area contributed by atoms with Gasteiger partial charge in [-0.1, -0.05) is 19.8 Å². The second-order valence-electron chi connectivity index (χ2n) is 10.3. The van der Waals surface area contributed by atoms with Crippen LogP contribution in [0.15, 0.2) is 30.7 Å². The first-order valence-electron chi connectivity index (χ1n) is 12.5. The van der Waals surface area contributed by atoms with Gasteiger partial charge >= 0.3 is 0 Å². The van der Waals surface area contributed by atoms with Gasteiger partial charge in [-0.3, -0.25) is 14.4 Å². The summed E-state index contributed by atoms with van der Waals surface area (Å²) in [6.45, 7) is 3.30. The molecule has 1 saturated heterocycles. The average molecular weight is 480 g/mol. The molecule has 9 heteroatoms. The Bertz CT molecular complexity index is 1130. The van der Waals surface area contributed by atoms with E-state index in [1.807, 2.05) is 7.05 Å². The van der Waals surface area contributed by atoms with Crippen molar-refractivity contribution in [3.05, 3.63) is 41.9 Å². The molecule has 1 aliphatic carbocycles. The number of fused-ring (bicyclic) bond motifs is 2. The van der Waals surface area contributed by atoms with Crippen molar-refractivity contribution < 1.29 is 19.1 Å². The summed E-state index contributed by atoms with van der Waals surface area (Å²) in [6.07, 6.45) is 10.3. The van der Waals surface area contributed by atoms with Crippen LogP contribution in [0.3, 0.4) is 0 Å². The molecule has 1 saturated carbocycles. The minimum Gasteiger partial charge on any atom is -0.381 e. The number of nitrogens with zero attached hydrogens (tertiary/aromatic N) is 2. The number of anilines is 2. The molecule has 186 valence electrons. The van der Waals surface area contributed by atoms with Crippen molar-refractivity contribution in [2.24, 2.45) is 18.9 Å². The molecule has 1 spiro atoms. The Kier molecular flexibility index (Phi) is 6.35.